The summed E-state index contributed by atoms with van der Waals surface area (Å²) in [5, 5.41) is 0.847. The Morgan fingerprint density at radius 2 is 2.18 bits per heavy atom. The lowest BCUT2D eigenvalue weighted by Crippen LogP contribution is -2.48. The van der Waals surface area contributed by atoms with Crippen LogP contribution in [-0.4, -0.2) is 66.0 Å². The van der Waals surface area contributed by atoms with E-state index in [9.17, 15) is 17.6 Å². The average molecular weight is 408 g/mol. The summed E-state index contributed by atoms with van der Waals surface area (Å²) in [5.74, 6) is -0.676. The van der Waals surface area contributed by atoms with Gasteiger partial charge in [0.1, 0.15) is 5.82 Å². The van der Waals surface area contributed by atoms with E-state index in [1.165, 1.54) is 22.7 Å². The molecule has 1 amide bonds. The summed E-state index contributed by atoms with van der Waals surface area (Å²) in [4.78, 5) is 17.7. The van der Waals surface area contributed by atoms with Crippen molar-refractivity contribution in [2.24, 2.45) is 5.73 Å². The van der Waals surface area contributed by atoms with Gasteiger partial charge < -0.3 is 15.6 Å². The van der Waals surface area contributed by atoms with E-state index >= 15 is 0 Å². The first-order valence-corrected chi connectivity index (χ1v) is 11.4. The molecule has 4 rings (SSSR count). The van der Waals surface area contributed by atoms with Crippen molar-refractivity contribution < 1.29 is 17.6 Å². The van der Waals surface area contributed by atoms with Crippen LogP contribution in [0.15, 0.2) is 24.4 Å². The molecule has 0 bridgehead atoms. The van der Waals surface area contributed by atoms with Crippen LogP contribution in [0.5, 0.6) is 0 Å². The number of aromatic nitrogens is 1. The molecule has 4 unspecified atom stereocenters. The molecule has 3 heterocycles. The summed E-state index contributed by atoms with van der Waals surface area (Å²) >= 11 is 0. The van der Waals surface area contributed by atoms with Gasteiger partial charge in [-0.3, -0.25) is 4.79 Å². The number of hydrogen-bond donors (Lipinski definition) is 2. The number of carbonyl (C=O) groups excluding carboxylic acids is 1. The van der Waals surface area contributed by atoms with Gasteiger partial charge >= 0.3 is 0 Å². The molecule has 7 nitrogen and oxygen atoms in total. The number of rotatable bonds is 4. The molecule has 152 valence electrons. The Balaban J connectivity index is 1.79. The lowest BCUT2D eigenvalue weighted by atomic mass is 9.91. The van der Waals surface area contributed by atoms with Gasteiger partial charge in [0.15, 0.2) is 0 Å². The van der Waals surface area contributed by atoms with Crippen LogP contribution in [0.2, 0.25) is 0 Å². The fraction of sp³-hybridized carbons (Fsp3) is 0.526. The molecule has 0 aliphatic carbocycles. The van der Waals surface area contributed by atoms with Crippen molar-refractivity contribution in [1.29, 1.82) is 0 Å². The topological polar surface area (TPSA) is 99.5 Å². The molecule has 2 fully saturated rings. The van der Waals surface area contributed by atoms with E-state index in [-0.39, 0.29) is 29.7 Å². The molecule has 2 saturated heterocycles. The summed E-state index contributed by atoms with van der Waals surface area (Å²) in [5.41, 5.74) is 7.56. The summed E-state index contributed by atoms with van der Waals surface area (Å²) in [7, 11) is -3.42. The van der Waals surface area contributed by atoms with Crippen LogP contribution in [0.1, 0.15) is 31.2 Å². The Morgan fingerprint density at radius 1 is 1.43 bits per heavy atom. The average Bonchev–Trinajstić information content (AvgIpc) is 3.32. The Labute approximate surface area is 163 Å². The second kappa shape index (κ2) is 6.82. The van der Waals surface area contributed by atoms with E-state index in [1.807, 2.05) is 6.92 Å². The number of benzene rings is 1. The number of nitrogens with two attached hydrogens (primary N) is 1. The first kappa shape index (κ1) is 19.4. The van der Waals surface area contributed by atoms with E-state index in [0.29, 0.717) is 31.4 Å². The molecular formula is C19H25FN4O3S. The predicted molar refractivity (Wildman–Crippen MR) is 105 cm³/mol. The number of H-pyrrole nitrogens is 1. The van der Waals surface area contributed by atoms with Crippen LogP contribution < -0.4 is 5.73 Å². The van der Waals surface area contributed by atoms with Crippen LogP contribution in [0, 0.1) is 5.82 Å². The van der Waals surface area contributed by atoms with Gasteiger partial charge in [0.2, 0.25) is 15.9 Å². The number of hydrogen-bond acceptors (Lipinski definition) is 4. The maximum Gasteiger partial charge on any atom is 0.239 e. The number of sulfonamides is 1. The standard InChI is InChI=1S/C19H25FN4O3S/c1-3-15(21)19(25)23-7-6-17-18(23)14(10-24(17)28(2,26)27)13-9-22-16-8-11(20)4-5-12(13)16/h4-5,8-9,14-15,17-18,22H,3,6-7,10,21H2,1-2H3. The number of amides is 1. The van der Waals surface area contributed by atoms with Crippen molar-refractivity contribution in [3.05, 3.63) is 35.8 Å². The number of aromatic amines is 1. The molecule has 9 heteroatoms. The Morgan fingerprint density at radius 3 is 2.86 bits per heavy atom. The highest BCUT2D eigenvalue weighted by atomic mass is 32.2. The summed E-state index contributed by atoms with van der Waals surface area (Å²) in [6.45, 7) is 2.64. The highest BCUT2D eigenvalue weighted by Gasteiger charge is 2.53. The van der Waals surface area contributed by atoms with E-state index in [4.69, 9.17) is 5.73 Å². The minimum Gasteiger partial charge on any atom is -0.361 e. The van der Waals surface area contributed by atoms with Gasteiger partial charge in [0.05, 0.1) is 18.3 Å². The van der Waals surface area contributed by atoms with Gasteiger partial charge in [-0.1, -0.05) is 6.92 Å². The van der Waals surface area contributed by atoms with Crippen LogP contribution in [-0.2, 0) is 14.8 Å². The first-order chi connectivity index (χ1) is 13.2. The molecule has 2 aromatic rings. The maximum absolute atomic E-state index is 13.6. The summed E-state index contributed by atoms with van der Waals surface area (Å²) in [6.07, 6.45) is 4.13. The minimum absolute atomic E-state index is 0.138. The number of nitrogens with zero attached hydrogens (tertiary/aromatic N) is 2. The lowest BCUT2D eigenvalue weighted by Gasteiger charge is -2.30. The van der Waals surface area contributed by atoms with Crippen LogP contribution in [0.3, 0.4) is 0 Å². The third kappa shape index (κ3) is 3.01. The second-order valence-corrected chi connectivity index (χ2v) is 9.70. The predicted octanol–water partition coefficient (Wildman–Crippen LogP) is 1.37. The quantitative estimate of drug-likeness (QED) is 0.798. The zero-order chi connectivity index (χ0) is 20.2. The molecule has 4 atom stereocenters. The van der Waals surface area contributed by atoms with Crippen molar-refractivity contribution in [3.63, 3.8) is 0 Å². The Hall–Kier alpha value is -1.97. The second-order valence-electron chi connectivity index (χ2n) is 7.77. The summed E-state index contributed by atoms with van der Waals surface area (Å²) in [6, 6.07) is 3.38. The largest absolute Gasteiger partial charge is 0.361 e. The molecule has 1 aromatic heterocycles. The molecule has 2 aliphatic heterocycles. The van der Waals surface area contributed by atoms with E-state index in [2.05, 4.69) is 4.98 Å². The molecule has 0 spiro atoms. The summed E-state index contributed by atoms with van der Waals surface area (Å²) < 4.78 is 39.9. The maximum atomic E-state index is 13.6. The van der Waals surface area contributed by atoms with Gasteiger partial charge in [-0.2, -0.15) is 4.31 Å². The lowest BCUT2D eigenvalue weighted by molar-refractivity contribution is -0.133. The van der Waals surface area contributed by atoms with Crippen LogP contribution >= 0.6 is 0 Å². The van der Waals surface area contributed by atoms with Crippen LogP contribution in [0.4, 0.5) is 4.39 Å². The third-order valence-electron chi connectivity index (χ3n) is 6.12. The van der Waals surface area contributed by atoms with Crippen molar-refractivity contribution in [2.75, 3.05) is 19.3 Å². The van der Waals surface area contributed by atoms with Gasteiger partial charge in [-0.15, -0.1) is 0 Å². The fourth-order valence-corrected chi connectivity index (χ4v) is 5.93. The van der Waals surface area contributed by atoms with Gasteiger partial charge in [0.25, 0.3) is 0 Å². The highest BCUT2D eigenvalue weighted by Crippen LogP contribution is 2.44. The number of fused-ring (bicyclic) bond motifs is 2. The Kier molecular flexibility index (Phi) is 4.71. The van der Waals surface area contributed by atoms with Gasteiger partial charge in [0, 0.05) is 42.1 Å². The first-order valence-electron chi connectivity index (χ1n) is 9.51. The van der Waals surface area contributed by atoms with Crippen molar-refractivity contribution in [3.8, 4) is 0 Å². The smallest absolute Gasteiger partial charge is 0.239 e. The zero-order valence-electron chi connectivity index (χ0n) is 15.9. The number of halogens is 1. The highest BCUT2D eigenvalue weighted by molar-refractivity contribution is 7.88. The number of nitrogens with one attached hydrogen (secondary N) is 1. The van der Waals surface area contributed by atoms with Gasteiger partial charge in [-0.25, -0.2) is 12.8 Å². The van der Waals surface area contributed by atoms with Crippen molar-refractivity contribution in [2.45, 2.75) is 43.8 Å². The molecule has 2 aliphatic rings. The van der Waals surface area contributed by atoms with E-state index in [0.717, 1.165) is 10.9 Å². The van der Waals surface area contributed by atoms with Crippen molar-refractivity contribution >= 4 is 26.8 Å². The molecule has 28 heavy (non-hydrogen) atoms. The number of carbonyl (C=O) groups is 1. The normalized spacial score (nSPS) is 26.7. The third-order valence-corrected chi connectivity index (χ3v) is 7.39. The van der Waals surface area contributed by atoms with Crippen LogP contribution in [0.25, 0.3) is 10.9 Å². The minimum atomic E-state index is -3.42. The SMILES string of the molecule is CCC(N)C(=O)N1CCC2C1C(c1c[nH]c3cc(F)ccc13)CN2S(C)(=O)=O. The zero-order valence-corrected chi connectivity index (χ0v) is 16.7. The molecular weight excluding hydrogens is 383 g/mol. The molecule has 1 aromatic carbocycles. The molecule has 0 saturated carbocycles. The number of likely N-dealkylation sites (tertiary alicyclic amines) is 1. The van der Waals surface area contributed by atoms with Gasteiger partial charge in [-0.05, 0) is 36.6 Å². The Bertz CT molecular complexity index is 1020. The monoisotopic (exact) mass is 408 g/mol. The van der Waals surface area contributed by atoms with Crippen molar-refractivity contribution in [1.82, 2.24) is 14.2 Å². The molecule has 0 radical (unpaired) electrons. The molecule has 3 N–H and O–H groups in total. The van der Waals surface area contributed by atoms with E-state index < -0.39 is 16.1 Å². The fourth-order valence-electron chi connectivity index (χ4n) is 4.77. The van der Waals surface area contributed by atoms with E-state index in [1.54, 1.807) is 17.2 Å².